The van der Waals surface area contributed by atoms with Gasteiger partial charge in [0.1, 0.15) is 11.8 Å². The van der Waals surface area contributed by atoms with Gasteiger partial charge in [0.15, 0.2) is 6.61 Å². The highest BCUT2D eigenvalue weighted by atomic mass is 79.9. The van der Waals surface area contributed by atoms with E-state index in [1.165, 1.54) is 0 Å². The molecule has 0 aliphatic heterocycles. The molecule has 3 rings (SSSR count). The zero-order valence-corrected chi connectivity index (χ0v) is 19.9. The average Bonchev–Trinajstić information content (AvgIpc) is 3.28. The van der Waals surface area contributed by atoms with Crippen LogP contribution in [-0.4, -0.2) is 41.9 Å². The topological polar surface area (TPSA) is 58.6 Å². The van der Waals surface area contributed by atoms with Crippen LogP contribution in [0.3, 0.4) is 0 Å². The van der Waals surface area contributed by atoms with Crippen LogP contribution in [0.25, 0.3) is 0 Å². The van der Waals surface area contributed by atoms with Crippen LogP contribution in [0.4, 0.5) is 0 Å². The summed E-state index contributed by atoms with van der Waals surface area (Å²) in [7, 11) is 0. The predicted molar refractivity (Wildman–Crippen MR) is 126 cm³/mol. The molecular formula is C25H31BrN2O3. The molecule has 0 saturated heterocycles. The molecule has 1 atom stereocenters. The molecule has 0 aromatic heterocycles. The summed E-state index contributed by atoms with van der Waals surface area (Å²) in [6, 6.07) is 15.3. The molecule has 5 nitrogen and oxygen atoms in total. The molecular weight excluding hydrogens is 456 g/mol. The lowest BCUT2D eigenvalue weighted by Crippen LogP contribution is -2.51. The second kappa shape index (κ2) is 11.3. The standard InChI is InChI=1S/C25H31BrN2O3/c1-18-16-22(12-13-23(18)26)31-17-24(29)28(15-14-20-8-4-3-5-9-20)19(2)25(30)27-21-10-6-7-11-21/h3-5,8-9,12-13,16,19,21H,6-7,10-11,14-15,17H2,1-2H3,(H,27,30). The van der Waals surface area contributed by atoms with E-state index in [-0.39, 0.29) is 24.5 Å². The maximum atomic E-state index is 13.1. The number of nitrogens with one attached hydrogen (secondary N) is 1. The van der Waals surface area contributed by atoms with E-state index in [2.05, 4.69) is 21.2 Å². The van der Waals surface area contributed by atoms with Crippen LogP contribution in [0.2, 0.25) is 0 Å². The molecule has 2 aromatic carbocycles. The van der Waals surface area contributed by atoms with Crippen molar-refractivity contribution in [3.8, 4) is 5.75 Å². The second-order valence-corrected chi connectivity index (χ2v) is 9.04. The Labute approximate surface area is 193 Å². The lowest BCUT2D eigenvalue weighted by molar-refractivity contribution is -0.141. The van der Waals surface area contributed by atoms with Crippen molar-refractivity contribution >= 4 is 27.7 Å². The molecule has 0 bridgehead atoms. The third-order valence-electron chi connectivity index (χ3n) is 5.84. The van der Waals surface area contributed by atoms with Gasteiger partial charge < -0.3 is 15.0 Å². The smallest absolute Gasteiger partial charge is 0.261 e. The molecule has 1 unspecified atom stereocenters. The van der Waals surface area contributed by atoms with Gasteiger partial charge in [-0.2, -0.15) is 0 Å². The van der Waals surface area contributed by atoms with Crippen LogP contribution >= 0.6 is 15.9 Å². The zero-order valence-electron chi connectivity index (χ0n) is 18.3. The lowest BCUT2D eigenvalue weighted by Gasteiger charge is -2.29. The largest absolute Gasteiger partial charge is 0.484 e. The zero-order chi connectivity index (χ0) is 22.2. The highest BCUT2D eigenvalue weighted by molar-refractivity contribution is 9.10. The Morgan fingerprint density at radius 1 is 1.16 bits per heavy atom. The van der Waals surface area contributed by atoms with Gasteiger partial charge in [0.05, 0.1) is 0 Å². The monoisotopic (exact) mass is 486 g/mol. The Morgan fingerprint density at radius 2 is 1.87 bits per heavy atom. The Morgan fingerprint density at radius 3 is 2.55 bits per heavy atom. The summed E-state index contributed by atoms with van der Waals surface area (Å²) < 4.78 is 6.75. The minimum Gasteiger partial charge on any atom is -0.484 e. The van der Waals surface area contributed by atoms with Crippen molar-refractivity contribution in [3.63, 3.8) is 0 Å². The molecule has 0 spiro atoms. The van der Waals surface area contributed by atoms with Crippen LogP contribution < -0.4 is 10.1 Å². The number of amides is 2. The molecule has 1 saturated carbocycles. The van der Waals surface area contributed by atoms with E-state index in [1.807, 2.05) is 55.5 Å². The number of nitrogens with zero attached hydrogens (tertiary/aromatic N) is 1. The summed E-state index contributed by atoms with van der Waals surface area (Å²) in [5.74, 6) is 0.360. The molecule has 1 aliphatic rings. The number of aryl methyl sites for hydroxylation is 1. The second-order valence-electron chi connectivity index (χ2n) is 8.19. The Bertz CT molecular complexity index is 882. The highest BCUT2D eigenvalue weighted by Gasteiger charge is 2.28. The molecule has 0 radical (unpaired) electrons. The number of benzene rings is 2. The fourth-order valence-corrected chi connectivity index (χ4v) is 4.14. The van der Waals surface area contributed by atoms with Gasteiger partial charge in [-0.3, -0.25) is 9.59 Å². The first-order valence-corrected chi connectivity index (χ1v) is 11.8. The van der Waals surface area contributed by atoms with Crippen molar-refractivity contribution in [2.24, 2.45) is 0 Å². The molecule has 31 heavy (non-hydrogen) atoms. The predicted octanol–water partition coefficient (Wildman–Crippen LogP) is 4.65. The molecule has 1 aliphatic carbocycles. The number of halogens is 1. The fourth-order valence-electron chi connectivity index (χ4n) is 3.90. The molecule has 2 amide bonds. The number of carbonyl (C=O) groups is 2. The van der Waals surface area contributed by atoms with E-state index in [9.17, 15) is 9.59 Å². The number of ether oxygens (including phenoxy) is 1. The first kappa shape index (κ1) is 23.3. The van der Waals surface area contributed by atoms with Crippen molar-refractivity contribution < 1.29 is 14.3 Å². The van der Waals surface area contributed by atoms with E-state index in [4.69, 9.17) is 4.74 Å². The first-order chi connectivity index (χ1) is 14.9. The van der Waals surface area contributed by atoms with Gasteiger partial charge in [-0.05, 0) is 62.4 Å². The van der Waals surface area contributed by atoms with E-state index in [1.54, 1.807) is 11.8 Å². The molecule has 6 heteroatoms. The molecule has 1 fully saturated rings. The minimum atomic E-state index is -0.549. The van der Waals surface area contributed by atoms with Gasteiger partial charge in [-0.1, -0.05) is 59.1 Å². The van der Waals surface area contributed by atoms with E-state index < -0.39 is 6.04 Å². The lowest BCUT2D eigenvalue weighted by atomic mass is 10.1. The van der Waals surface area contributed by atoms with Crippen LogP contribution in [-0.2, 0) is 16.0 Å². The molecule has 1 N–H and O–H groups in total. The Balaban J connectivity index is 1.65. The van der Waals surface area contributed by atoms with Gasteiger partial charge in [0, 0.05) is 17.1 Å². The van der Waals surface area contributed by atoms with Crippen LogP contribution in [0, 0.1) is 6.92 Å². The summed E-state index contributed by atoms with van der Waals surface area (Å²) in [5, 5.41) is 3.12. The van der Waals surface area contributed by atoms with E-state index in [0.29, 0.717) is 18.7 Å². The quantitative estimate of drug-likeness (QED) is 0.560. The summed E-state index contributed by atoms with van der Waals surface area (Å²) >= 11 is 3.47. The number of carbonyl (C=O) groups excluding carboxylic acids is 2. The Kier molecular flexibility index (Phi) is 8.52. The van der Waals surface area contributed by atoms with Gasteiger partial charge in [0.25, 0.3) is 5.91 Å². The van der Waals surface area contributed by atoms with Crippen LogP contribution in [0.15, 0.2) is 53.0 Å². The fraction of sp³-hybridized carbons (Fsp3) is 0.440. The highest BCUT2D eigenvalue weighted by Crippen LogP contribution is 2.22. The van der Waals surface area contributed by atoms with Gasteiger partial charge >= 0.3 is 0 Å². The number of rotatable bonds is 9. The maximum absolute atomic E-state index is 13.1. The van der Waals surface area contributed by atoms with Crippen LogP contribution in [0.1, 0.15) is 43.7 Å². The third kappa shape index (κ3) is 6.82. The van der Waals surface area contributed by atoms with Crippen LogP contribution in [0.5, 0.6) is 5.75 Å². The minimum absolute atomic E-state index is 0.0900. The van der Waals surface area contributed by atoms with Crippen molar-refractivity contribution in [1.82, 2.24) is 10.2 Å². The normalized spacial score (nSPS) is 14.8. The first-order valence-electron chi connectivity index (χ1n) is 11.0. The van der Waals surface area contributed by atoms with Crippen molar-refractivity contribution in [2.45, 2.75) is 58.0 Å². The summed E-state index contributed by atoms with van der Waals surface area (Å²) in [4.78, 5) is 27.6. The Hall–Kier alpha value is -2.34. The summed E-state index contributed by atoms with van der Waals surface area (Å²) in [5.41, 5.74) is 2.17. The SMILES string of the molecule is Cc1cc(OCC(=O)N(CCc2ccccc2)C(C)C(=O)NC2CCCC2)ccc1Br. The molecule has 2 aromatic rings. The molecule has 0 heterocycles. The van der Waals surface area contributed by atoms with Crippen molar-refractivity contribution in [1.29, 1.82) is 0 Å². The van der Waals surface area contributed by atoms with Gasteiger partial charge in [-0.25, -0.2) is 0 Å². The van der Waals surface area contributed by atoms with E-state index in [0.717, 1.165) is 41.3 Å². The van der Waals surface area contributed by atoms with Gasteiger partial charge in [0.2, 0.25) is 5.91 Å². The average molecular weight is 487 g/mol. The van der Waals surface area contributed by atoms with E-state index >= 15 is 0 Å². The van der Waals surface area contributed by atoms with Crippen molar-refractivity contribution in [3.05, 3.63) is 64.1 Å². The van der Waals surface area contributed by atoms with Gasteiger partial charge in [-0.15, -0.1) is 0 Å². The van der Waals surface area contributed by atoms with Crippen molar-refractivity contribution in [2.75, 3.05) is 13.2 Å². The molecule has 166 valence electrons. The maximum Gasteiger partial charge on any atom is 0.261 e. The third-order valence-corrected chi connectivity index (χ3v) is 6.73. The number of hydrogen-bond acceptors (Lipinski definition) is 3. The number of hydrogen-bond donors (Lipinski definition) is 1. The summed E-state index contributed by atoms with van der Waals surface area (Å²) in [6.45, 7) is 4.14. The summed E-state index contributed by atoms with van der Waals surface area (Å²) in [6.07, 6.45) is 5.02.